The summed E-state index contributed by atoms with van der Waals surface area (Å²) < 4.78 is 0. The summed E-state index contributed by atoms with van der Waals surface area (Å²) in [6.07, 6.45) is 3.27. The van der Waals surface area contributed by atoms with Crippen LogP contribution in [0.5, 0.6) is 0 Å². The van der Waals surface area contributed by atoms with E-state index in [2.05, 4.69) is 18.2 Å². The van der Waals surface area contributed by atoms with Gasteiger partial charge in [0.15, 0.2) is 0 Å². The molecule has 76 valence electrons. The molecular formula is C12H17NO. The first-order valence-electron chi connectivity index (χ1n) is 5.22. The highest BCUT2D eigenvalue weighted by molar-refractivity contribution is 5.37. The second kappa shape index (κ2) is 3.71. The van der Waals surface area contributed by atoms with Gasteiger partial charge in [-0.05, 0) is 30.4 Å². The Morgan fingerprint density at radius 2 is 2.14 bits per heavy atom. The summed E-state index contributed by atoms with van der Waals surface area (Å²) in [5, 5.41) is 9.51. The molecule has 0 amide bonds. The quantitative estimate of drug-likeness (QED) is 0.738. The van der Waals surface area contributed by atoms with Gasteiger partial charge in [-0.25, -0.2) is 0 Å². The maximum atomic E-state index is 9.51. The molecule has 1 atom stereocenters. The molecule has 0 spiro atoms. The van der Waals surface area contributed by atoms with E-state index >= 15 is 0 Å². The van der Waals surface area contributed by atoms with Crippen LogP contribution in [-0.4, -0.2) is 18.3 Å². The summed E-state index contributed by atoms with van der Waals surface area (Å²) in [4.78, 5) is 0. The van der Waals surface area contributed by atoms with Crippen LogP contribution in [0.3, 0.4) is 0 Å². The molecule has 0 radical (unpaired) electrons. The van der Waals surface area contributed by atoms with Crippen LogP contribution in [0, 0.1) is 0 Å². The normalized spacial score (nSPS) is 25.9. The first-order valence-corrected chi connectivity index (χ1v) is 5.22. The van der Waals surface area contributed by atoms with Crippen molar-refractivity contribution >= 4 is 0 Å². The lowest BCUT2D eigenvalue weighted by molar-refractivity contribution is 0.179. The minimum Gasteiger partial charge on any atom is -0.395 e. The first kappa shape index (κ1) is 9.69. The van der Waals surface area contributed by atoms with Crippen molar-refractivity contribution in [1.29, 1.82) is 0 Å². The Balaban J connectivity index is 2.48. The standard InChI is InChI=1S/C12H17NO/c13-8-12(9-14)7-3-5-10-4-1-2-6-11(10)12/h1-2,4,6,14H,3,5,7-9,13H2. The van der Waals surface area contributed by atoms with Gasteiger partial charge in [-0.1, -0.05) is 24.3 Å². The van der Waals surface area contributed by atoms with Crippen LogP contribution in [0.2, 0.25) is 0 Å². The molecule has 0 aliphatic heterocycles. The predicted molar refractivity (Wildman–Crippen MR) is 57.2 cm³/mol. The lowest BCUT2D eigenvalue weighted by Crippen LogP contribution is -2.41. The summed E-state index contributed by atoms with van der Waals surface area (Å²) in [6.45, 7) is 0.709. The molecule has 0 saturated carbocycles. The van der Waals surface area contributed by atoms with E-state index in [0.29, 0.717) is 6.54 Å². The van der Waals surface area contributed by atoms with E-state index in [9.17, 15) is 5.11 Å². The molecular weight excluding hydrogens is 174 g/mol. The van der Waals surface area contributed by atoms with Gasteiger partial charge >= 0.3 is 0 Å². The molecule has 0 fully saturated rings. The average Bonchev–Trinajstić information content (AvgIpc) is 2.28. The summed E-state index contributed by atoms with van der Waals surface area (Å²) in [6, 6.07) is 8.35. The molecule has 1 aromatic carbocycles. The molecule has 2 heteroatoms. The number of fused-ring (bicyclic) bond motifs is 1. The minimum atomic E-state index is -0.172. The highest BCUT2D eigenvalue weighted by Crippen LogP contribution is 2.36. The number of nitrogens with two attached hydrogens (primary N) is 1. The summed E-state index contributed by atoms with van der Waals surface area (Å²) in [5.41, 5.74) is 8.25. The number of rotatable bonds is 2. The third kappa shape index (κ3) is 1.35. The highest BCUT2D eigenvalue weighted by atomic mass is 16.3. The van der Waals surface area contributed by atoms with Crippen LogP contribution in [0.1, 0.15) is 24.0 Å². The Labute approximate surface area is 84.7 Å². The molecule has 1 unspecified atom stereocenters. The van der Waals surface area contributed by atoms with Crippen LogP contribution in [0.25, 0.3) is 0 Å². The van der Waals surface area contributed by atoms with E-state index in [-0.39, 0.29) is 12.0 Å². The Hall–Kier alpha value is -0.860. The zero-order chi connectivity index (χ0) is 10.0. The van der Waals surface area contributed by atoms with Crippen molar-refractivity contribution in [1.82, 2.24) is 0 Å². The molecule has 2 nitrogen and oxygen atoms in total. The zero-order valence-electron chi connectivity index (χ0n) is 8.37. The van der Waals surface area contributed by atoms with E-state index in [1.807, 2.05) is 6.07 Å². The fourth-order valence-electron chi connectivity index (χ4n) is 2.45. The van der Waals surface area contributed by atoms with Crippen molar-refractivity contribution < 1.29 is 5.11 Å². The summed E-state index contributed by atoms with van der Waals surface area (Å²) in [5.74, 6) is 0. The topological polar surface area (TPSA) is 46.2 Å². The monoisotopic (exact) mass is 191 g/mol. The smallest absolute Gasteiger partial charge is 0.0540 e. The van der Waals surface area contributed by atoms with Crippen molar-refractivity contribution in [3.8, 4) is 0 Å². The Morgan fingerprint density at radius 3 is 2.86 bits per heavy atom. The van der Waals surface area contributed by atoms with Gasteiger partial charge in [0.2, 0.25) is 0 Å². The predicted octanol–water partition coefficient (Wildman–Crippen LogP) is 1.21. The molecule has 0 heterocycles. The molecule has 2 rings (SSSR count). The van der Waals surface area contributed by atoms with E-state index < -0.39 is 0 Å². The maximum absolute atomic E-state index is 9.51. The van der Waals surface area contributed by atoms with Gasteiger partial charge < -0.3 is 10.8 Å². The Bertz CT molecular complexity index is 318. The highest BCUT2D eigenvalue weighted by Gasteiger charge is 2.34. The fraction of sp³-hybridized carbons (Fsp3) is 0.500. The largest absolute Gasteiger partial charge is 0.395 e. The zero-order valence-corrected chi connectivity index (χ0v) is 8.37. The Kier molecular flexibility index (Phi) is 2.57. The van der Waals surface area contributed by atoms with Gasteiger partial charge in [-0.15, -0.1) is 0 Å². The van der Waals surface area contributed by atoms with Crippen molar-refractivity contribution in [3.05, 3.63) is 35.4 Å². The third-order valence-corrected chi connectivity index (χ3v) is 3.38. The van der Waals surface area contributed by atoms with Gasteiger partial charge in [0.25, 0.3) is 0 Å². The number of hydrogen-bond acceptors (Lipinski definition) is 2. The number of aryl methyl sites for hydroxylation is 1. The lowest BCUT2D eigenvalue weighted by Gasteiger charge is -2.36. The lowest BCUT2D eigenvalue weighted by atomic mass is 9.70. The van der Waals surface area contributed by atoms with E-state index in [1.165, 1.54) is 11.1 Å². The first-order chi connectivity index (χ1) is 6.82. The summed E-state index contributed by atoms with van der Waals surface area (Å²) in [7, 11) is 0. The van der Waals surface area contributed by atoms with Gasteiger partial charge in [-0.3, -0.25) is 0 Å². The third-order valence-electron chi connectivity index (χ3n) is 3.38. The molecule has 14 heavy (non-hydrogen) atoms. The number of aliphatic hydroxyl groups is 1. The molecule has 0 bridgehead atoms. The molecule has 1 aromatic rings. The number of benzene rings is 1. The van der Waals surface area contributed by atoms with Gasteiger partial charge in [0, 0.05) is 12.0 Å². The van der Waals surface area contributed by atoms with Crippen LogP contribution < -0.4 is 5.73 Å². The van der Waals surface area contributed by atoms with Gasteiger partial charge in [0.1, 0.15) is 0 Å². The van der Waals surface area contributed by atoms with Crippen LogP contribution in [-0.2, 0) is 11.8 Å². The van der Waals surface area contributed by atoms with Gasteiger partial charge in [0.05, 0.1) is 6.61 Å². The van der Waals surface area contributed by atoms with E-state index in [4.69, 9.17) is 5.73 Å². The van der Waals surface area contributed by atoms with Crippen molar-refractivity contribution in [2.45, 2.75) is 24.7 Å². The van der Waals surface area contributed by atoms with Crippen molar-refractivity contribution in [2.75, 3.05) is 13.2 Å². The van der Waals surface area contributed by atoms with E-state index in [0.717, 1.165) is 19.3 Å². The molecule has 1 aliphatic carbocycles. The van der Waals surface area contributed by atoms with Crippen LogP contribution in [0.4, 0.5) is 0 Å². The molecule has 0 aromatic heterocycles. The summed E-state index contributed by atoms with van der Waals surface area (Å²) >= 11 is 0. The maximum Gasteiger partial charge on any atom is 0.0540 e. The number of hydrogen-bond donors (Lipinski definition) is 2. The second-order valence-corrected chi connectivity index (χ2v) is 4.15. The average molecular weight is 191 g/mol. The van der Waals surface area contributed by atoms with Gasteiger partial charge in [-0.2, -0.15) is 0 Å². The molecule has 3 N–H and O–H groups in total. The van der Waals surface area contributed by atoms with E-state index in [1.54, 1.807) is 0 Å². The SMILES string of the molecule is NCC1(CO)CCCc2ccccc21. The van der Waals surface area contributed by atoms with Crippen LogP contribution in [0.15, 0.2) is 24.3 Å². The second-order valence-electron chi connectivity index (χ2n) is 4.15. The fourth-order valence-corrected chi connectivity index (χ4v) is 2.45. The Morgan fingerprint density at radius 1 is 1.36 bits per heavy atom. The molecule has 1 aliphatic rings. The molecule has 0 saturated heterocycles. The van der Waals surface area contributed by atoms with Crippen LogP contribution >= 0.6 is 0 Å². The van der Waals surface area contributed by atoms with Crippen molar-refractivity contribution in [3.63, 3.8) is 0 Å². The minimum absolute atomic E-state index is 0.167. The van der Waals surface area contributed by atoms with Crippen molar-refractivity contribution in [2.24, 2.45) is 5.73 Å². The number of aliphatic hydroxyl groups excluding tert-OH is 1.